The molecule has 0 aliphatic carbocycles. The number of rotatable bonds is 6. The second-order valence-corrected chi connectivity index (χ2v) is 8.09. The molecule has 3 rings (SSSR count). The first-order valence-corrected chi connectivity index (χ1v) is 9.95. The number of thiazole rings is 1. The summed E-state index contributed by atoms with van der Waals surface area (Å²) in [6.07, 6.45) is 3.97. The normalized spacial score (nSPS) is 16.9. The minimum Gasteiger partial charge on any atom is -0.326 e. The van der Waals surface area contributed by atoms with Crippen LogP contribution in [0.3, 0.4) is 0 Å². The van der Waals surface area contributed by atoms with E-state index in [2.05, 4.69) is 20.3 Å². The minimum absolute atomic E-state index is 0. The maximum atomic E-state index is 12.3. The van der Waals surface area contributed by atoms with Crippen molar-refractivity contribution >= 4 is 50.5 Å². The Kier molecular flexibility index (Phi) is 6.77. The predicted molar refractivity (Wildman–Crippen MR) is 101 cm³/mol. The lowest BCUT2D eigenvalue weighted by Crippen LogP contribution is -2.27. The predicted octanol–water partition coefficient (Wildman–Crippen LogP) is 2.45. The molecule has 2 heterocycles. The molecule has 3 N–H and O–H groups in total. The number of nitrogens with zero attached hydrogens (tertiary/aromatic N) is 1. The van der Waals surface area contributed by atoms with E-state index in [9.17, 15) is 13.2 Å². The molecule has 136 valence electrons. The summed E-state index contributed by atoms with van der Waals surface area (Å²) in [6, 6.07) is 6.38. The zero-order valence-electron chi connectivity index (χ0n) is 13.3. The van der Waals surface area contributed by atoms with Crippen LogP contribution in [-0.4, -0.2) is 31.9 Å². The van der Waals surface area contributed by atoms with Gasteiger partial charge in [-0.2, -0.15) is 0 Å². The molecule has 1 aliphatic rings. The number of hydrogen-bond acceptors (Lipinski definition) is 6. The summed E-state index contributed by atoms with van der Waals surface area (Å²) in [5.41, 5.74) is 0.458. The lowest BCUT2D eigenvalue weighted by atomic mass is 10.1. The minimum atomic E-state index is -3.73. The van der Waals surface area contributed by atoms with Crippen LogP contribution in [0.2, 0.25) is 0 Å². The summed E-state index contributed by atoms with van der Waals surface area (Å²) in [7, 11) is -3.73. The van der Waals surface area contributed by atoms with Gasteiger partial charge >= 0.3 is 0 Å². The lowest BCUT2D eigenvalue weighted by Gasteiger charge is -2.11. The van der Waals surface area contributed by atoms with E-state index in [1.165, 1.54) is 29.7 Å². The van der Waals surface area contributed by atoms with E-state index >= 15 is 0 Å². The molecule has 1 atom stereocenters. The summed E-state index contributed by atoms with van der Waals surface area (Å²) in [5.74, 6) is -0.128. The fraction of sp³-hybridized carbons (Fsp3) is 0.333. The highest BCUT2D eigenvalue weighted by molar-refractivity contribution is 7.93. The van der Waals surface area contributed by atoms with Gasteiger partial charge in [-0.05, 0) is 37.6 Å². The van der Waals surface area contributed by atoms with E-state index in [1.54, 1.807) is 17.5 Å². The van der Waals surface area contributed by atoms with Crippen molar-refractivity contribution in [2.45, 2.75) is 30.2 Å². The Labute approximate surface area is 156 Å². The number of halogens is 1. The quantitative estimate of drug-likeness (QED) is 0.689. The third-order valence-corrected chi connectivity index (χ3v) is 5.83. The smallest absolute Gasteiger partial charge is 0.263 e. The van der Waals surface area contributed by atoms with E-state index in [4.69, 9.17) is 0 Å². The summed E-state index contributed by atoms with van der Waals surface area (Å²) in [5, 5.41) is 8.01. The molecule has 1 aromatic carbocycles. The van der Waals surface area contributed by atoms with Gasteiger partial charge < -0.3 is 10.6 Å². The lowest BCUT2D eigenvalue weighted by molar-refractivity contribution is -0.116. The van der Waals surface area contributed by atoms with Crippen LogP contribution < -0.4 is 15.4 Å². The standard InChI is InChI=1S/C15H18N4O3S2.ClH/c20-14(10-11-4-2-6-16-11)18-12-3-1-5-13(9-12)24(21,22)19-15-17-7-8-23-15;/h1,3,5,7-9,11,16H,2,4,6,10H2,(H,17,19)(H,18,20);1H. The van der Waals surface area contributed by atoms with Gasteiger partial charge in [-0.1, -0.05) is 6.07 Å². The van der Waals surface area contributed by atoms with Crippen molar-refractivity contribution < 1.29 is 13.2 Å². The molecule has 1 aromatic heterocycles. The van der Waals surface area contributed by atoms with Gasteiger partial charge in [0.25, 0.3) is 10.0 Å². The molecule has 10 heteroatoms. The van der Waals surface area contributed by atoms with Gasteiger partial charge in [0.05, 0.1) is 4.90 Å². The number of anilines is 2. The molecule has 7 nitrogen and oxygen atoms in total. The van der Waals surface area contributed by atoms with Crippen molar-refractivity contribution in [1.29, 1.82) is 0 Å². The molecule has 0 saturated carbocycles. The average molecular weight is 403 g/mol. The van der Waals surface area contributed by atoms with Crippen LogP contribution in [-0.2, 0) is 14.8 Å². The molecule has 1 amide bonds. The van der Waals surface area contributed by atoms with Crippen molar-refractivity contribution in [3.63, 3.8) is 0 Å². The molecule has 0 bridgehead atoms. The zero-order chi connectivity index (χ0) is 17.0. The van der Waals surface area contributed by atoms with Crippen LogP contribution in [0.5, 0.6) is 0 Å². The van der Waals surface area contributed by atoms with Gasteiger partial charge in [0.1, 0.15) is 0 Å². The summed E-state index contributed by atoms with van der Waals surface area (Å²) in [6.45, 7) is 0.939. The molecule has 2 aromatic rings. The largest absolute Gasteiger partial charge is 0.326 e. The summed E-state index contributed by atoms with van der Waals surface area (Å²) < 4.78 is 27.1. The maximum Gasteiger partial charge on any atom is 0.263 e. The first-order chi connectivity index (χ1) is 11.5. The number of benzene rings is 1. The van der Waals surface area contributed by atoms with Gasteiger partial charge in [-0.15, -0.1) is 23.7 Å². The number of hydrogen-bond donors (Lipinski definition) is 3. The topological polar surface area (TPSA) is 100 Å². The Bertz CT molecular complexity index is 806. The summed E-state index contributed by atoms with van der Waals surface area (Å²) in [4.78, 5) is 16.0. The summed E-state index contributed by atoms with van der Waals surface area (Å²) >= 11 is 1.20. The number of aromatic nitrogens is 1. The van der Waals surface area contributed by atoms with E-state index in [1.807, 2.05) is 0 Å². The van der Waals surface area contributed by atoms with Crippen molar-refractivity contribution in [2.24, 2.45) is 0 Å². The van der Waals surface area contributed by atoms with Gasteiger partial charge in [0, 0.05) is 29.7 Å². The van der Waals surface area contributed by atoms with Crippen LogP contribution in [0.1, 0.15) is 19.3 Å². The number of nitrogens with one attached hydrogen (secondary N) is 3. The molecular weight excluding hydrogens is 384 g/mol. The highest BCUT2D eigenvalue weighted by Gasteiger charge is 2.19. The average Bonchev–Trinajstić information content (AvgIpc) is 3.21. The monoisotopic (exact) mass is 402 g/mol. The maximum absolute atomic E-state index is 12.3. The molecule has 25 heavy (non-hydrogen) atoms. The first-order valence-electron chi connectivity index (χ1n) is 7.58. The highest BCUT2D eigenvalue weighted by Crippen LogP contribution is 2.21. The fourth-order valence-corrected chi connectivity index (χ4v) is 4.39. The highest BCUT2D eigenvalue weighted by atomic mass is 35.5. The first kappa shape index (κ1) is 19.6. The molecule has 0 spiro atoms. The van der Waals surface area contributed by atoms with Crippen molar-refractivity contribution in [3.8, 4) is 0 Å². The van der Waals surface area contributed by atoms with E-state index < -0.39 is 10.0 Å². The Hall–Kier alpha value is -1.68. The Morgan fingerprint density at radius 3 is 2.92 bits per heavy atom. The number of sulfonamides is 1. The van der Waals surface area contributed by atoms with E-state index in [-0.39, 0.29) is 29.3 Å². The van der Waals surface area contributed by atoms with Crippen molar-refractivity contribution in [3.05, 3.63) is 35.8 Å². The molecular formula is C15H19ClN4O3S2. The van der Waals surface area contributed by atoms with Crippen molar-refractivity contribution in [1.82, 2.24) is 10.3 Å². The van der Waals surface area contributed by atoms with Gasteiger partial charge in [0.2, 0.25) is 5.91 Å². The third-order valence-electron chi connectivity index (χ3n) is 3.68. The zero-order valence-corrected chi connectivity index (χ0v) is 15.7. The molecule has 1 unspecified atom stereocenters. The molecule has 1 saturated heterocycles. The number of carbonyl (C=O) groups excluding carboxylic acids is 1. The molecule has 1 aliphatic heterocycles. The number of carbonyl (C=O) groups is 1. The van der Waals surface area contributed by atoms with Crippen LogP contribution in [0.15, 0.2) is 40.7 Å². The van der Waals surface area contributed by atoms with Crippen LogP contribution in [0.25, 0.3) is 0 Å². The van der Waals surface area contributed by atoms with Crippen LogP contribution in [0.4, 0.5) is 10.8 Å². The van der Waals surface area contributed by atoms with Gasteiger partial charge in [-0.3, -0.25) is 9.52 Å². The van der Waals surface area contributed by atoms with Gasteiger partial charge in [0.15, 0.2) is 5.13 Å². The van der Waals surface area contributed by atoms with Crippen molar-refractivity contribution in [2.75, 3.05) is 16.6 Å². The van der Waals surface area contributed by atoms with E-state index in [0.29, 0.717) is 17.2 Å². The van der Waals surface area contributed by atoms with Gasteiger partial charge in [-0.25, -0.2) is 13.4 Å². The fourth-order valence-electron chi connectivity index (χ4n) is 2.56. The second kappa shape index (κ2) is 8.61. The van der Waals surface area contributed by atoms with Crippen LogP contribution >= 0.6 is 23.7 Å². The Balaban J connectivity index is 0.00000225. The third kappa shape index (κ3) is 5.40. The van der Waals surface area contributed by atoms with Crippen LogP contribution in [0, 0.1) is 0 Å². The molecule has 0 radical (unpaired) electrons. The number of amides is 1. The second-order valence-electron chi connectivity index (χ2n) is 5.52. The Morgan fingerprint density at radius 1 is 1.40 bits per heavy atom. The molecule has 1 fully saturated rings. The SMILES string of the molecule is Cl.O=C(CC1CCCN1)Nc1cccc(S(=O)(=O)Nc2nccs2)c1. The Morgan fingerprint density at radius 2 is 2.24 bits per heavy atom. The van der Waals surface area contributed by atoms with E-state index in [0.717, 1.165) is 19.4 Å².